The summed E-state index contributed by atoms with van der Waals surface area (Å²) in [6, 6.07) is 3.80. The van der Waals surface area contributed by atoms with Gasteiger partial charge in [0, 0.05) is 12.5 Å². The van der Waals surface area contributed by atoms with Gasteiger partial charge in [-0.3, -0.25) is 4.79 Å². The van der Waals surface area contributed by atoms with E-state index in [9.17, 15) is 13.6 Å². The maximum atomic E-state index is 13.7. The molecular formula is C16H20F2O2. The highest BCUT2D eigenvalue weighted by atomic mass is 19.1. The Labute approximate surface area is 118 Å². The van der Waals surface area contributed by atoms with Gasteiger partial charge in [-0.2, -0.15) is 0 Å². The van der Waals surface area contributed by atoms with Crippen LogP contribution in [0.25, 0.3) is 0 Å². The predicted octanol–water partition coefficient (Wildman–Crippen LogP) is 4.19. The van der Waals surface area contributed by atoms with Gasteiger partial charge in [0.15, 0.2) is 0 Å². The molecule has 0 atom stereocenters. The monoisotopic (exact) mass is 282 g/mol. The van der Waals surface area contributed by atoms with E-state index in [0.717, 1.165) is 31.7 Å². The van der Waals surface area contributed by atoms with Crippen molar-refractivity contribution in [2.45, 2.75) is 44.9 Å². The topological polar surface area (TPSA) is 26.3 Å². The summed E-state index contributed by atoms with van der Waals surface area (Å²) < 4.78 is 31.6. The molecule has 0 bridgehead atoms. The number of halogens is 2. The molecule has 1 aromatic carbocycles. The molecule has 20 heavy (non-hydrogen) atoms. The number of ether oxygens (including phenoxy) is 1. The van der Waals surface area contributed by atoms with Gasteiger partial charge in [0.25, 0.3) is 0 Å². The van der Waals surface area contributed by atoms with Crippen LogP contribution in [0.15, 0.2) is 18.2 Å². The standard InChI is InChI=1S/C16H20F2O2/c1-2-20-16(19)9-11-3-5-12(6-4-11)14-8-7-13(17)10-15(14)18/h7-8,10-12H,2-6,9H2,1H3. The van der Waals surface area contributed by atoms with Crippen LogP contribution in [0.5, 0.6) is 0 Å². The molecule has 2 rings (SSSR count). The molecule has 1 fully saturated rings. The zero-order valence-electron chi connectivity index (χ0n) is 11.7. The van der Waals surface area contributed by atoms with Crippen molar-refractivity contribution in [1.82, 2.24) is 0 Å². The van der Waals surface area contributed by atoms with Gasteiger partial charge in [-0.25, -0.2) is 8.78 Å². The summed E-state index contributed by atoms with van der Waals surface area (Å²) in [6.45, 7) is 2.21. The van der Waals surface area contributed by atoms with Gasteiger partial charge in [-0.1, -0.05) is 6.07 Å². The molecule has 1 aliphatic carbocycles. The first-order chi connectivity index (χ1) is 9.60. The van der Waals surface area contributed by atoms with Gasteiger partial charge in [-0.15, -0.1) is 0 Å². The molecule has 0 heterocycles. The maximum Gasteiger partial charge on any atom is 0.306 e. The van der Waals surface area contributed by atoms with E-state index in [1.165, 1.54) is 6.07 Å². The number of esters is 1. The third-order valence-electron chi connectivity index (χ3n) is 4.01. The van der Waals surface area contributed by atoms with Crippen molar-refractivity contribution in [1.29, 1.82) is 0 Å². The fraction of sp³-hybridized carbons (Fsp3) is 0.562. The molecule has 0 aliphatic heterocycles. The van der Waals surface area contributed by atoms with E-state index in [1.54, 1.807) is 13.0 Å². The van der Waals surface area contributed by atoms with E-state index in [0.29, 0.717) is 24.5 Å². The minimum Gasteiger partial charge on any atom is -0.466 e. The Bertz CT molecular complexity index is 466. The lowest BCUT2D eigenvalue weighted by molar-refractivity contribution is -0.144. The highest BCUT2D eigenvalue weighted by Gasteiger charge is 2.26. The number of carbonyl (C=O) groups excluding carboxylic acids is 1. The maximum absolute atomic E-state index is 13.7. The van der Waals surface area contributed by atoms with Gasteiger partial charge in [-0.05, 0) is 56.1 Å². The second-order valence-electron chi connectivity index (χ2n) is 5.39. The van der Waals surface area contributed by atoms with E-state index >= 15 is 0 Å². The van der Waals surface area contributed by atoms with Crippen molar-refractivity contribution in [2.24, 2.45) is 5.92 Å². The van der Waals surface area contributed by atoms with Crippen LogP contribution in [-0.4, -0.2) is 12.6 Å². The molecule has 0 unspecified atom stereocenters. The summed E-state index contributed by atoms with van der Waals surface area (Å²) in [4.78, 5) is 11.4. The molecule has 0 aromatic heterocycles. The Morgan fingerprint density at radius 1 is 1.25 bits per heavy atom. The van der Waals surface area contributed by atoms with E-state index in [-0.39, 0.29) is 11.9 Å². The normalized spacial score (nSPS) is 22.6. The molecule has 0 radical (unpaired) electrons. The molecule has 1 saturated carbocycles. The summed E-state index contributed by atoms with van der Waals surface area (Å²) in [5.74, 6) is -0.687. The highest BCUT2D eigenvalue weighted by Crippen LogP contribution is 2.38. The van der Waals surface area contributed by atoms with Crippen molar-refractivity contribution in [3.05, 3.63) is 35.4 Å². The quantitative estimate of drug-likeness (QED) is 0.774. The number of benzene rings is 1. The molecule has 1 aromatic rings. The third kappa shape index (κ3) is 3.78. The number of hydrogen-bond acceptors (Lipinski definition) is 2. The first-order valence-electron chi connectivity index (χ1n) is 7.20. The van der Waals surface area contributed by atoms with Gasteiger partial charge < -0.3 is 4.74 Å². The average Bonchev–Trinajstić information content (AvgIpc) is 2.40. The molecule has 0 N–H and O–H groups in total. The average molecular weight is 282 g/mol. The second kappa shape index (κ2) is 6.82. The Balaban J connectivity index is 1.89. The van der Waals surface area contributed by atoms with Crippen molar-refractivity contribution in [3.63, 3.8) is 0 Å². The van der Waals surface area contributed by atoms with Crippen LogP contribution < -0.4 is 0 Å². The molecule has 0 saturated heterocycles. The van der Waals surface area contributed by atoms with Crippen LogP contribution in [0, 0.1) is 17.6 Å². The van der Waals surface area contributed by atoms with E-state index in [1.807, 2.05) is 0 Å². The third-order valence-corrected chi connectivity index (χ3v) is 4.01. The van der Waals surface area contributed by atoms with E-state index in [4.69, 9.17) is 4.74 Å². The van der Waals surface area contributed by atoms with Crippen LogP contribution in [0.2, 0.25) is 0 Å². The lowest BCUT2D eigenvalue weighted by Crippen LogP contribution is -2.18. The zero-order valence-corrected chi connectivity index (χ0v) is 11.7. The molecule has 2 nitrogen and oxygen atoms in total. The number of rotatable bonds is 4. The smallest absolute Gasteiger partial charge is 0.306 e. The van der Waals surface area contributed by atoms with E-state index in [2.05, 4.69) is 0 Å². The fourth-order valence-corrected chi connectivity index (χ4v) is 2.97. The predicted molar refractivity (Wildman–Crippen MR) is 72.3 cm³/mol. The first kappa shape index (κ1) is 14.9. The Morgan fingerprint density at radius 3 is 2.55 bits per heavy atom. The van der Waals surface area contributed by atoms with Crippen molar-refractivity contribution >= 4 is 5.97 Å². The van der Waals surface area contributed by atoms with Gasteiger partial charge in [0.2, 0.25) is 0 Å². The molecule has 4 heteroatoms. The SMILES string of the molecule is CCOC(=O)CC1CCC(c2ccc(F)cc2F)CC1. The minimum absolute atomic E-state index is 0.133. The van der Waals surface area contributed by atoms with Gasteiger partial charge in [0.05, 0.1) is 6.61 Å². The van der Waals surface area contributed by atoms with Crippen molar-refractivity contribution in [2.75, 3.05) is 6.61 Å². The largest absolute Gasteiger partial charge is 0.466 e. The van der Waals surface area contributed by atoms with Crippen LogP contribution in [0.4, 0.5) is 8.78 Å². The lowest BCUT2D eigenvalue weighted by atomic mass is 9.77. The fourth-order valence-electron chi connectivity index (χ4n) is 2.97. The van der Waals surface area contributed by atoms with Crippen LogP contribution >= 0.6 is 0 Å². The first-order valence-corrected chi connectivity index (χ1v) is 7.20. The van der Waals surface area contributed by atoms with Gasteiger partial charge >= 0.3 is 5.97 Å². The molecule has 0 amide bonds. The van der Waals surface area contributed by atoms with E-state index < -0.39 is 11.6 Å². The summed E-state index contributed by atoms with van der Waals surface area (Å²) in [7, 11) is 0. The van der Waals surface area contributed by atoms with Crippen LogP contribution in [0.1, 0.15) is 50.5 Å². The molecular weight excluding hydrogens is 262 g/mol. The Morgan fingerprint density at radius 2 is 1.95 bits per heavy atom. The lowest BCUT2D eigenvalue weighted by Gasteiger charge is -2.28. The summed E-state index contributed by atoms with van der Waals surface area (Å²) in [5.41, 5.74) is 0.598. The summed E-state index contributed by atoms with van der Waals surface area (Å²) in [5, 5.41) is 0. The molecule has 110 valence electrons. The Kier molecular flexibility index (Phi) is 5.10. The summed E-state index contributed by atoms with van der Waals surface area (Å²) >= 11 is 0. The highest BCUT2D eigenvalue weighted by molar-refractivity contribution is 5.69. The number of carbonyl (C=O) groups is 1. The Hall–Kier alpha value is -1.45. The van der Waals surface area contributed by atoms with Crippen LogP contribution in [0.3, 0.4) is 0 Å². The second-order valence-corrected chi connectivity index (χ2v) is 5.39. The molecule has 0 spiro atoms. The summed E-state index contributed by atoms with van der Waals surface area (Å²) in [6.07, 6.45) is 3.91. The van der Waals surface area contributed by atoms with Gasteiger partial charge in [0.1, 0.15) is 11.6 Å². The van der Waals surface area contributed by atoms with Crippen LogP contribution in [-0.2, 0) is 9.53 Å². The molecule has 1 aliphatic rings. The van der Waals surface area contributed by atoms with Crippen molar-refractivity contribution in [3.8, 4) is 0 Å². The van der Waals surface area contributed by atoms with Crippen molar-refractivity contribution < 1.29 is 18.3 Å². The number of hydrogen-bond donors (Lipinski definition) is 0. The zero-order chi connectivity index (χ0) is 14.5. The minimum atomic E-state index is -0.540.